The summed E-state index contributed by atoms with van der Waals surface area (Å²) >= 11 is 1.69. The van der Waals surface area contributed by atoms with E-state index in [1.54, 1.807) is 11.3 Å². The van der Waals surface area contributed by atoms with Gasteiger partial charge in [-0.2, -0.15) is 0 Å². The Labute approximate surface area is 210 Å². The van der Waals surface area contributed by atoms with Crippen LogP contribution in [0.25, 0.3) is 21.6 Å². The summed E-state index contributed by atoms with van der Waals surface area (Å²) in [7, 11) is 0. The monoisotopic (exact) mass is 488 g/mol. The number of benzene rings is 2. The Bertz CT molecular complexity index is 1400. The van der Waals surface area contributed by atoms with E-state index in [-0.39, 0.29) is 11.0 Å². The normalized spacial score (nSPS) is 15.7. The van der Waals surface area contributed by atoms with Crippen LogP contribution in [0.1, 0.15) is 43.2 Å². The largest absolute Gasteiger partial charge is 0.490 e. The third-order valence-corrected chi connectivity index (χ3v) is 8.03. The topological polar surface area (TPSA) is 64.2 Å². The number of hydrogen-bond acceptors (Lipinski definition) is 5. The minimum Gasteiger partial charge on any atom is -0.490 e. The van der Waals surface area contributed by atoms with Crippen molar-refractivity contribution in [2.75, 3.05) is 13.2 Å². The number of ether oxygens (including phenoxy) is 2. The average Bonchev–Trinajstić information content (AvgIpc) is 3.20. The van der Waals surface area contributed by atoms with Crippen molar-refractivity contribution in [2.24, 2.45) is 11.3 Å². The van der Waals surface area contributed by atoms with Gasteiger partial charge in [-0.1, -0.05) is 32.9 Å². The van der Waals surface area contributed by atoms with Crippen LogP contribution in [-0.2, 0) is 12.8 Å². The number of fused-ring (bicyclic) bond motifs is 3. The summed E-state index contributed by atoms with van der Waals surface area (Å²) in [6, 6.07) is 15.6. The number of hydrogen-bond donors (Lipinski definition) is 1. The van der Waals surface area contributed by atoms with Gasteiger partial charge >= 0.3 is 0 Å². The Kier molecular flexibility index (Phi) is 6.41. The summed E-state index contributed by atoms with van der Waals surface area (Å²) in [6.45, 7) is 9.89. The van der Waals surface area contributed by atoms with Gasteiger partial charge in [0.25, 0.3) is 5.56 Å². The molecule has 0 spiro atoms. The van der Waals surface area contributed by atoms with E-state index >= 15 is 0 Å². The summed E-state index contributed by atoms with van der Waals surface area (Å²) in [5.41, 5.74) is 3.48. The van der Waals surface area contributed by atoms with Crippen molar-refractivity contribution in [3.63, 3.8) is 0 Å². The summed E-state index contributed by atoms with van der Waals surface area (Å²) in [5, 5.41) is 0.787. The maximum absolute atomic E-state index is 13.0. The molecule has 6 heteroatoms. The van der Waals surface area contributed by atoms with Crippen LogP contribution < -0.4 is 15.0 Å². The molecule has 1 N–H and O–H groups in total. The van der Waals surface area contributed by atoms with Crippen LogP contribution in [0.15, 0.2) is 53.3 Å². The predicted molar refractivity (Wildman–Crippen MR) is 143 cm³/mol. The van der Waals surface area contributed by atoms with Gasteiger partial charge in [-0.05, 0) is 85.0 Å². The Morgan fingerprint density at radius 2 is 1.80 bits per heavy atom. The fourth-order valence-electron chi connectivity index (χ4n) is 4.79. The van der Waals surface area contributed by atoms with Crippen LogP contribution in [0.4, 0.5) is 0 Å². The fraction of sp³-hybridized carbons (Fsp3) is 0.379. The first-order valence-corrected chi connectivity index (χ1v) is 13.1. The second-order valence-corrected chi connectivity index (χ2v) is 11.5. The van der Waals surface area contributed by atoms with E-state index in [2.05, 4.69) is 25.8 Å². The number of H-pyrrole nitrogens is 1. The van der Waals surface area contributed by atoms with E-state index < -0.39 is 0 Å². The lowest BCUT2D eigenvalue weighted by atomic mass is 9.72. The van der Waals surface area contributed by atoms with Crippen LogP contribution >= 0.6 is 11.3 Å². The molecule has 2 aromatic carbocycles. The molecule has 2 aromatic heterocycles. The number of aromatic amines is 1. The van der Waals surface area contributed by atoms with Gasteiger partial charge in [0.05, 0.1) is 5.39 Å². The molecule has 0 fully saturated rings. The van der Waals surface area contributed by atoms with Gasteiger partial charge in [-0.3, -0.25) is 4.79 Å². The molecule has 0 saturated carbocycles. The molecule has 0 aliphatic heterocycles. The highest BCUT2D eigenvalue weighted by atomic mass is 32.1. The van der Waals surface area contributed by atoms with Crippen molar-refractivity contribution in [3.8, 4) is 22.9 Å². The number of thiophene rings is 1. The van der Waals surface area contributed by atoms with E-state index in [0.29, 0.717) is 25.0 Å². The molecule has 0 radical (unpaired) electrons. The number of nitrogens with zero attached hydrogens (tertiary/aromatic N) is 1. The molecule has 5 rings (SSSR count). The van der Waals surface area contributed by atoms with E-state index in [1.165, 1.54) is 16.0 Å². The van der Waals surface area contributed by atoms with Gasteiger partial charge in [-0.15, -0.1) is 11.3 Å². The van der Waals surface area contributed by atoms with Gasteiger partial charge in [-0.25, -0.2) is 4.98 Å². The minimum atomic E-state index is -0.0367. The van der Waals surface area contributed by atoms with E-state index in [9.17, 15) is 4.79 Å². The first-order chi connectivity index (χ1) is 16.8. The van der Waals surface area contributed by atoms with E-state index in [1.807, 2.05) is 55.5 Å². The lowest BCUT2D eigenvalue weighted by Gasteiger charge is -2.33. The molecule has 0 amide bonds. The standard InChI is InChI=1S/C29H32N2O3S/c1-18-6-5-7-22(16-18)34-15-14-33-21-11-8-19(9-12-21)26-30-27(32)25-23-13-10-20(29(2,3)4)17-24(23)35-28(25)31-26/h5-9,11-12,16,20H,10,13-15,17H2,1-4H3,(H,30,31,32)/t20-/m0/s1. The average molecular weight is 489 g/mol. The molecule has 0 bridgehead atoms. The molecule has 1 atom stereocenters. The van der Waals surface area contributed by atoms with Gasteiger partial charge in [0, 0.05) is 10.4 Å². The third kappa shape index (κ3) is 5.13. The van der Waals surface area contributed by atoms with Crippen molar-refractivity contribution in [3.05, 3.63) is 74.9 Å². The predicted octanol–water partition coefficient (Wildman–Crippen LogP) is 6.57. The van der Waals surface area contributed by atoms with Crippen molar-refractivity contribution in [1.29, 1.82) is 0 Å². The minimum absolute atomic E-state index is 0.0367. The molecule has 0 saturated heterocycles. The summed E-state index contributed by atoms with van der Waals surface area (Å²) in [5.74, 6) is 2.84. The van der Waals surface area contributed by atoms with Gasteiger partial charge in [0.2, 0.25) is 0 Å². The van der Waals surface area contributed by atoms with E-state index in [0.717, 1.165) is 46.5 Å². The van der Waals surface area contributed by atoms with Crippen molar-refractivity contribution >= 4 is 21.6 Å². The van der Waals surface area contributed by atoms with Gasteiger partial charge in [0.1, 0.15) is 35.4 Å². The van der Waals surface area contributed by atoms with Crippen LogP contribution in [0.2, 0.25) is 0 Å². The number of rotatable bonds is 6. The van der Waals surface area contributed by atoms with E-state index in [4.69, 9.17) is 14.5 Å². The molecule has 5 nitrogen and oxygen atoms in total. The molecule has 0 unspecified atom stereocenters. The molecule has 1 aliphatic carbocycles. The van der Waals surface area contributed by atoms with Crippen LogP contribution in [0.5, 0.6) is 11.5 Å². The lowest BCUT2D eigenvalue weighted by Crippen LogP contribution is -2.26. The number of aromatic nitrogens is 2. The summed E-state index contributed by atoms with van der Waals surface area (Å²) < 4.78 is 11.6. The Morgan fingerprint density at radius 1 is 1.06 bits per heavy atom. The molecule has 1 aliphatic rings. The van der Waals surface area contributed by atoms with Crippen LogP contribution in [0, 0.1) is 18.3 Å². The SMILES string of the molecule is Cc1cccc(OCCOc2ccc(-c3nc4sc5c(c4c(=O)[nH]3)CC[C@H](C(C)(C)C)C5)cc2)c1. The Balaban J connectivity index is 1.27. The zero-order chi connectivity index (χ0) is 24.6. The molecule has 35 heavy (non-hydrogen) atoms. The fourth-order valence-corrected chi connectivity index (χ4v) is 6.09. The molecule has 182 valence electrons. The second-order valence-electron chi connectivity index (χ2n) is 10.4. The number of aryl methyl sites for hydroxylation is 2. The Morgan fingerprint density at radius 3 is 2.51 bits per heavy atom. The lowest BCUT2D eigenvalue weighted by molar-refractivity contribution is 0.217. The summed E-state index contributed by atoms with van der Waals surface area (Å²) in [6.07, 6.45) is 3.12. The molecule has 2 heterocycles. The second kappa shape index (κ2) is 9.50. The zero-order valence-electron chi connectivity index (χ0n) is 20.8. The van der Waals surface area contributed by atoms with Crippen LogP contribution in [-0.4, -0.2) is 23.2 Å². The molecular formula is C29H32N2O3S. The quantitative estimate of drug-likeness (QED) is 0.312. The molecular weight excluding hydrogens is 456 g/mol. The third-order valence-electron chi connectivity index (χ3n) is 6.88. The van der Waals surface area contributed by atoms with Crippen molar-refractivity contribution < 1.29 is 9.47 Å². The van der Waals surface area contributed by atoms with Gasteiger partial charge < -0.3 is 14.5 Å². The smallest absolute Gasteiger partial charge is 0.260 e. The highest BCUT2D eigenvalue weighted by Gasteiger charge is 2.31. The molecule has 4 aromatic rings. The highest BCUT2D eigenvalue weighted by Crippen LogP contribution is 2.42. The van der Waals surface area contributed by atoms with Gasteiger partial charge in [0.15, 0.2) is 0 Å². The van der Waals surface area contributed by atoms with Crippen LogP contribution in [0.3, 0.4) is 0 Å². The van der Waals surface area contributed by atoms with Crippen molar-refractivity contribution in [1.82, 2.24) is 9.97 Å². The first kappa shape index (κ1) is 23.6. The maximum Gasteiger partial charge on any atom is 0.260 e. The highest BCUT2D eigenvalue weighted by molar-refractivity contribution is 7.18. The first-order valence-electron chi connectivity index (χ1n) is 12.3. The number of nitrogens with one attached hydrogen (secondary N) is 1. The zero-order valence-corrected chi connectivity index (χ0v) is 21.6. The maximum atomic E-state index is 13.0. The van der Waals surface area contributed by atoms with Crippen molar-refractivity contribution in [2.45, 2.75) is 47.0 Å². The Hall–Kier alpha value is -3.12. The summed E-state index contributed by atoms with van der Waals surface area (Å²) in [4.78, 5) is 23.1.